The molecule has 1 unspecified atom stereocenters. The highest BCUT2D eigenvalue weighted by Crippen LogP contribution is 2.64. The number of benzene rings is 7. The topological polar surface area (TPSA) is 0 Å². The largest absolute Gasteiger partial charge is 0.135 e. The van der Waals surface area contributed by atoms with Crippen molar-refractivity contribution in [3.05, 3.63) is 202 Å². The van der Waals surface area contributed by atoms with Crippen LogP contribution in [0.1, 0.15) is 44.9 Å². The Morgan fingerprint density at radius 1 is 0.511 bits per heavy atom. The molecule has 10 rings (SSSR count). The van der Waals surface area contributed by atoms with Gasteiger partial charge in [0.2, 0.25) is 0 Å². The summed E-state index contributed by atoms with van der Waals surface area (Å²) in [6.07, 6.45) is 0.910. The van der Waals surface area contributed by atoms with Crippen molar-refractivity contribution in [1.82, 2.24) is 0 Å². The fraction of sp³-hybridized carbons (Fsp3) is 0.0667. The fourth-order valence-corrected chi connectivity index (χ4v) is 10.3. The van der Waals surface area contributed by atoms with Crippen LogP contribution in [0.15, 0.2) is 158 Å². The first kappa shape index (κ1) is 27.2. The first-order valence-electron chi connectivity index (χ1n) is 16.3. The van der Waals surface area contributed by atoms with Crippen molar-refractivity contribution in [1.29, 1.82) is 0 Å². The fourth-order valence-electron chi connectivity index (χ4n) is 8.77. The van der Waals surface area contributed by atoms with Gasteiger partial charge in [-0.3, -0.25) is 0 Å². The molecule has 2 aliphatic rings. The minimum absolute atomic E-state index is 0.148. The van der Waals surface area contributed by atoms with Gasteiger partial charge in [-0.15, -0.1) is 11.3 Å². The molecule has 0 radical (unpaired) electrons. The Labute approximate surface area is 283 Å². The van der Waals surface area contributed by atoms with Crippen LogP contribution in [0.5, 0.6) is 0 Å². The SMILES string of the molecule is Clc1ccc2c(c1)sc1c(C(Cc3ccccc3)c3cccc4c3-c3ccccc3C43c4ccccc4-c4ccccc43)cccc12. The van der Waals surface area contributed by atoms with Crippen molar-refractivity contribution < 1.29 is 0 Å². The number of hydrogen-bond acceptors (Lipinski definition) is 1. The van der Waals surface area contributed by atoms with Crippen molar-refractivity contribution in [3.63, 3.8) is 0 Å². The zero-order chi connectivity index (χ0) is 31.1. The molecule has 0 fully saturated rings. The Morgan fingerprint density at radius 3 is 1.85 bits per heavy atom. The molecule has 222 valence electrons. The average Bonchev–Trinajstić information content (AvgIpc) is 3.75. The van der Waals surface area contributed by atoms with Gasteiger partial charge in [0.1, 0.15) is 0 Å². The molecule has 1 atom stereocenters. The van der Waals surface area contributed by atoms with Gasteiger partial charge in [-0.25, -0.2) is 0 Å². The maximum absolute atomic E-state index is 6.50. The van der Waals surface area contributed by atoms with Gasteiger partial charge in [-0.1, -0.05) is 157 Å². The predicted molar refractivity (Wildman–Crippen MR) is 199 cm³/mol. The van der Waals surface area contributed by atoms with Crippen LogP contribution >= 0.6 is 22.9 Å². The summed E-state index contributed by atoms with van der Waals surface area (Å²) in [5, 5.41) is 3.36. The molecular weight excluding hydrogens is 608 g/mol. The molecule has 0 amide bonds. The third-order valence-electron chi connectivity index (χ3n) is 10.6. The summed E-state index contributed by atoms with van der Waals surface area (Å²) >= 11 is 8.37. The molecule has 1 spiro atoms. The molecule has 0 aliphatic heterocycles. The van der Waals surface area contributed by atoms with E-state index in [1.54, 1.807) is 0 Å². The maximum Gasteiger partial charge on any atom is 0.0725 e. The van der Waals surface area contributed by atoms with Gasteiger partial charge in [0.15, 0.2) is 0 Å². The first-order valence-corrected chi connectivity index (χ1v) is 17.5. The zero-order valence-corrected chi connectivity index (χ0v) is 27.2. The molecule has 0 N–H and O–H groups in total. The second kappa shape index (κ2) is 10.3. The molecule has 7 aromatic carbocycles. The number of thiophene rings is 1. The van der Waals surface area contributed by atoms with E-state index in [-0.39, 0.29) is 11.3 Å². The van der Waals surface area contributed by atoms with E-state index in [9.17, 15) is 0 Å². The van der Waals surface area contributed by atoms with E-state index in [1.807, 2.05) is 17.4 Å². The molecule has 0 nitrogen and oxygen atoms in total. The van der Waals surface area contributed by atoms with Gasteiger partial charge < -0.3 is 0 Å². The van der Waals surface area contributed by atoms with E-state index in [2.05, 4.69) is 152 Å². The van der Waals surface area contributed by atoms with Crippen LogP contribution in [0, 0.1) is 0 Å². The highest BCUT2D eigenvalue weighted by atomic mass is 35.5. The quantitative estimate of drug-likeness (QED) is 0.180. The lowest BCUT2D eigenvalue weighted by Crippen LogP contribution is -2.25. The van der Waals surface area contributed by atoms with Gasteiger partial charge in [0, 0.05) is 31.1 Å². The maximum atomic E-state index is 6.50. The molecule has 2 heteroatoms. The van der Waals surface area contributed by atoms with Crippen LogP contribution in [0.25, 0.3) is 42.4 Å². The molecule has 47 heavy (non-hydrogen) atoms. The first-order chi connectivity index (χ1) is 23.2. The van der Waals surface area contributed by atoms with E-state index >= 15 is 0 Å². The van der Waals surface area contributed by atoms with Crippen LogP contribution in [0.4, 0.5) is 0 Å². The summed E-state index contributed by atoms with van der Waals surface area (Å²) in [5.74, 6) is 0.148. The predicted octanol–water partition coefficient (Wildman–Crippen LogP) is 12.4. The lowest BCUT2D eigenvalue weighted by Gasteiger charge is -2.31. The molecule has 1 heterocycles. The monoisotopic (exact) mass is 636 g/mol. The lowest BCUT2D eigenvalue weighted by atomic mass is 9.70. The van der Waals surface area contributed by atoms with Crippen molar-refractivity contribution in [3.8, 4) is 22.3 Å². The summed E-state index contributed by atoms with van der Waals surface area (Å²) in [4.78, 5) is 0. The molecule has 8 aromatic rings. The van der Waals surface area contributed by atoms with Gasteiger partial charge in [-0.05, 0) is 79.8 Å². The van der Waals surface area contributed by atoms with E-state index in [4.69, 9.17) is 11.6 Å². The molecule has 0 saturated heterocycles. The summed E-state index contributed by atoms with van der Waals surface area (Å²) < 4.78 is 2.58. The normalized spacial score (nSPS) is 14.2. The lowest BCUT2D eigenvalue weighted by molar-refractivity contribution is 0.784. The van der Waals surface area contributed by atoms with E-state index in [0.29, 0.717) is 0 Å². The zero-order valence-electron chi connectivity index (χ0n) is 25.6. The summed E-state index contributed by atoms with van der Waals surface area (Å²) in [7, 11) is 0. The van der Waals surface area contributed by atoms with Crippen molar-refractivity contribution >= 4 is 43.1 Å². The Kier molecular flexibility index (Phi) is 5.94. The van der Waals surface area contributed by atoms with Gasteiger partial charge in [0.25, 0.3) is 0 Å². The Balaban J connectivity index is 1.29. The average molecular weight is 637 g/mol. The van der Waals surface area contributed by atoms with Gasteiger partial charge >= 0.3 is 0 Å². The molecule has 1 aromatic heterocycles. The van der Waals surface area contributed by atoms with E-state index in [0.717, 1.165) is 11.4 Å². The number of halogens is 1. The second-order valence-corrected chi connectivity index (χ2v) is 14.4. The Hall–Kier alpha value is -4.95. The minimum atomic E-state index is -0.354. The van der Waals surface area contributed by atoms with Crippen molar-refractivity contribution in [2.24, 2.45) is 0 Å². The highest BCUT2D eigenvalue weighted by molar-refractivity contribution is 7.26. The standard InChI is InChI=1S/C45H29ClS/c46-29-24-25-32-34-18-10-19-35(44(34)47-42(32)27-29)37(26-28-12-2-1-3-13-28)33-17-11-23-41-43(33)36-16-6-9-22-40(36)45(41)38-20-7-4-14-30(38)31-15-5-8-21-39(31)45/h1-25,27,37H,26H2. The molecule has 2 aliphatic carbocycles. The third-order valence-corrected chi connectivity index (χ3v) is 12.0. The van der Waals surface area contributed by atoms with Crippen molar-refractivity contribution in [2.45, 2.75) is 17.8 Å². The third kappa shape index (κ3) is 3.76. The molecule has 0 bridgehead atoms. The van der Waals surface area contributed by atoms with Crippen LogP contribution in [0.2, 0.25) is 5.02 Å². The van der Waals surface area contributed by atoms with Crippen LogP contribution in [-0.4, -0.2) is 0 Å². The van der Waals surface area contributed by atoms with E-state index in [1.165, 1.54) is 81.4 Å². The summed E-state index contributed by atoms with van der Waals surface area (Å²) in [6, 6.07) is 58.6. The second-order valence-electron chi connectivity index (χ2n) is 12.9. The van der Waals surface area contributed by atoms with Gasteiger partial charge in [-0.2, -0.15) is 0 Å². The van der Waals surface area contributed by atoms with Crippen LogP contribution in [0.3, 0.4) is 0 Å². The smallest absolute Gasteiger partial charge is 0.0725 e. The summed E-state index contributed by atoms with van der Waals surface area (Å²) in [5.41, 5.74) is 14.7. The van der Waals surface area contributed by atoms with Gasteiger partial charge in [0.05, 0.1) is 5.41 Å². The number of hydrogen-bond donors (Lipinski definition) is 0. The Bertz CT molecular complexity index is 2480. The Morgan fingerprint density at radius 2 is 1.11 bits per heavy atom. The highest BCUT2D eigenvalue weighted by Gasteiger charge is 2.52. The molecule has 0 saturated carbocycles. The summed E-state index contributed by atoms with van der Waals surface area (Å²) in [6.45, 7) is 0. The minimum Gasteiger partial charge on any atom is -0.135 e. The molecular formula is C45H29ClS. The number of rotatable bonds is 4. The van der Waals surface area contributed by atoms with Crippen LogP contribution < -0.4 is 0 Å². The van der Waals surface area contributed by atoms with Crippen molar-refractivity contribution in [2.75, 3.05) is 0 Å². The van der Waals surface area contributed by atoms with E-state index < -0.39 is 0 Å². The van der Waals surface area contributed by atoms with Crippen LogP contribution in [-0.2, 0) is 11.8 Å². The number of fused-ring (bicyclic) bond motifs is 13.